The molecule has 3 heteroatoms. The molecule has 1 rings (SSSR count). The minimum Gasteiger partial charge on any atom is -0.363 e. The Hall–Kier alpha value is -2.00. The Balaban J connectivity index is 2.64. The quantitative estimate of drug-likeness (QED) is 0.681. The molecule has 0 heterocycles. The average molecular weight is 199 g/mol. The van der Waals surface area contributed by atoms with Crippen molar-refractivity contribution in [2.75, 3.05) is 24.5 Å². The predicted octanol–water partition coefficient (Wildman–Crippen LogP) is 2.33. The summed E-state index contributed by atoms with van der Waals surface area (Å²) in [5, 5.41) is 8.55. The van der Waals surface area contributed by atoms with E-state index in [0.29, 0.717) is 26.1 Å². The van der Waals surface area contributed by atoms with Gasteiger partial charge in [-0.25, -0.2) is 6.57 Å². The molecule has 1 aromatic carbocycles. The maximum Gasteiger partial charge on any atom is 0.231 e. The van der Waals surface area contributed by atoms with Crippen LogP contribution in [0.4, 0.5) is 5.69 Å². The first kappa shape index (κ1) is 11.1. The zero-order valence-electron chi connectivity index (χ0n) is 8.56. The summed E-state index contributed by atoms with van der Waals surface area (Å²) >= 11 is 0. The molecule has 0 aromatic heterocycles. The minimum absolute atomic E-state index is 0.473. The van der Waals surface area contributed by atoms with Crippen LogP contribution in [0.5, 0.6) is 0 Å². The van der Waals surface area contributed by atoms with Crippen molar-refractivity contribution in [3.8, 4) is 6.07 Å². The first-order chi connectivity index (χ1) is 7.38. The van der Waals surface area contributed by atoms with Gasteiger partial charge in [-0.15, -0.1) is 0 Å². The Labute approximate surface area is 90.4 Å². The summed E-state index contributed by atoms with van der Waals surface area (Å²) in [4.78, 5) is 5.41. The molecular weight excluding hydrogens is 186 g/mol. The van der Waals surface area contributed by atoms with Gasteiger partial charge in [0.2, 0.25) is 6.54 Å². The Morgan fingerprint density at radius 3 is 2.60 bits per heavy atom. The monoisotopic (exact) mass is 199 g/mol. The van der Waals surface area contributed by atoms with Crippen LogP contribution in [0.15, 0.2) is 30.3 Å². The summed E-state index contributed by atoms with van der Waals surface area (Å²) in [6.07, 6.45) is 0.493. The first-order valence-corrected chi connectivity index (χ1v) is 4.88. The van der Waals surface area contributed by atoms with Gasteiger partial charge < -0.3 is 9.74 Å². The van der Waals surface area contributed by atoms with Crippen LogP contribution in [-0.4, -0.2) is 19.6 Å². The zero-order valence-corrected chi connectivity index (χ0v) is 8.56. The third-order valence-corrected chi connectivity index (χ3v) is 2.10. The molecule has 1 aromatic rings. The second-order valence-electron chi connectivity index (χ2n) is 3.11. The summed E-state index contributed by atoms with van der Waals surface area (Å²) in [6.45, 7) is 8.62. The van der Waals surface area contributed by atoms with Crippen LogP contribution in [0.3, 0.4) is 0 Å². The van der Waals surface area contributed by atoms with E-state index in [1.54, 1.807) is 0 Å². The van der Waals surface area contributed by atoms with E-state index in [0.717, 1.165) is 5.69 Å². The van der Waals surface area contributed by atoms with Crippen molar-refractivity contribution < 1.29 is 0 Å². The largest absolute Gasteiger partial charge is 0.363 e. The standard InChI is InChI=1S/C12H13N3/c1-14-9-11-15(10-5-8-13)12-6-3-2-4-7-12/h2-4,6-7H,5,9-11H2. The molecule has 0 bridgehead atoms. The number of hydrogen-bond acceptors (Lipinski definition) is 2. The fraction of sp³-hybridized carbons (Fsp3) is 0.333. The maximum atomic E-state index is 8.55. The van der Waals surface area contributed by atoms with E-state index >= 15 is 0 Å². The highest BCUT2D eigenvalue weighted by atomic mass is 15.1. The molecule has 0 saturated heterocycles. The number of benzene rings is 1. The van der Waals surface area contributed by atoms with Crippen LogP contribution in [0.2, 0.25) is 0 Å². The lowest BCUT2D eigenvalue weighted by Gasteiger charge is -2.21. The number of hydrogen-bond donors (Lipinski definition) is 0. The molecule has 0 spiro atoms. The van der Waals surface area contributed by atoms with Crippen LogP contribution < -0.4 is 4.90 Å². The number of nitriles is 1. The molecule has 0 radical (unpaired) electrons. The van der Waals surface area contributed by atoms with E-state index in [1.807, 2.05) is 30.3 Å². The molecule has 0 aliphatic carbocycles. The van der Waals surface area contributed by atoms with Crippen LogP contribution in [0, 0.1) is 17.9 Å². The highest BCUT2D eigenvalue weighted by Crippen LogP contribution is 2.12. The highest BCUT2D eigenvalue weighted by molar-refractivity contribution is 5.46. The molecule has 0 fully saturated rings. The van der Waals surface area contributed by atoms with Crippen molar-refractivity contribution in [2.24, 2.45) is 0 Å². The van der Waals surface area contributed by atoms with Gasteiger partial charge in [0.1, 0.15) is 0 Å². The van der Waals surface area contributed by atoms with Crippen LogP contribution in [0.25, 0.3) is 4.85 Å². The molecule has 0 aliphatic heterocycles. The van der Waals surface area contributed by atoms with Crippen LogP contribution >= 0.6 is 0 Å². The maximum absolute atomic E-state index is 8.55. The van der Waals surface area contributed by atoms with E-state index in [9.17, 15) is 0 Å². The van der Waals surface area contributed by atoms with E-state index < -0.39 is 0 Å². The molecule has 0 aliphatic rings. The smallest absolute Gasteiger partial charge is 0.231 e. The Bertz CT molecular complexity index is 341. The van der Waals surface area contributed by atoms with Gasteiger partial charge in [-0.05, 0) is 12.1 Å². The van der Waals surface area contributed by atoms with Crippen LogP contribution in [0.1, 0.15) is 6.42 Å². The Morgan fingerprint density at radius 2 is 2.00 bits per heavy atom. The third kappa shape index (κ3) is 3.70. The van der Waals surface area contributed by atoms with E-state index in [2.05, 4.69) is 15.8 Å². The molecule has 0 atom stereocenters. The van der Waals surface area contributed by atoms with Gasteiger partial charge in [0.25, 0.3) is 0 Å². The van der Waals surface area contributed by atoms with Gasteiger partial charge in [0, 0.05) is 12.2 Å². The summed E-state index contributed by atoms with van der Waals surface area (Å²) in [5.74, 6) is 0. The van der Waals surface area contributed by atoms with Crippen molar-refractivity contribution in [2.45, 2.75) is 6.42 Å². The average Bonchev–Trinajstić information content (AvgIpc) is 2.30. The second kappa shape index (κ2) is 6.45. The van der Waals surface area contributed by atoms with Gasteiger partial charge in [-0.2, -0.15) is 5.26 Å². The van der Waals surface area contributed by atoms with Crippen molar-refractivity contribution in [1.29, 1.82) is 5.26 Å². The molecule has 0 saturated carbocycles. The van der Waals surface area contributed by atoms with Gasteiger partial charge >= 0.3 is 0 Å². The number of anilines is 1. The van der Waals surface area contributed by atoms with Crippen molar-refractivity contribution in [3.63, 3.8) is 0 Å². The summed E-state index contributed by atoms with van der Waals surface area (Å²) in [7, 11) is 0. The molecule has 76 valence electrons. The summed E-state index contributed by atoms with van der Waals surface area (Å²) in [5.41, 5.74) is 1.08. The van der Waals surface area contributed by atoms with Crippen molar-refractivity contribution in [3.05, 3.63) is 41.7 Å². The van der Waals surface area contributed by atoms with Crippen molar-refractivity contribution >= 4 is 5.69 Å². The first-order valence-electron chi connectivity index (χ1n) is 4.88. The molecule has 0 unspecified atom stereocenters. The topological polar surface area (TPSA) is 31.4 Å². The van der Waals surface area contributed by atoms with E-state index in [1.165, 1.54) is 0 Å². The fourth-order valence-corrected chi connectivity index (χ4v) is 1.36. The molecule has 3 nitrogen and oxygen atoms in total. The normalized spacial score (nSPS) is 8.93. The van der Waals surface area contributed by atoms with Crippen molar-refractivity contribution in [1.82, 2.24) is 0 Å². The summed E-state index contributed by atoms with van der Waals surface area (Å²) < 4.78 is 0. The van der Waals surface area contributed by atoms with Gasteiger partial charge in [-0.3, -0.25) is 0 Å². The van der Waals surface area contributed by atoms with E-state index in [-0.39, 0.29) is 0 Å². The van der Waals surface area contributed by atoms with Gasteiger partial charge in [0.15, 0.2) is 0 Å². The highest BCUT2D eigenvalue weighted by Gasteiger charge is 2.05. The van der Waals surface area contributed by atoms with Gasteiger partial charge in [0.05, 0.1) is 19.0 Å². The molecule has 15 heavy (non-hydrogen) atoms. The lowest BCUT2D eigenvalue weighted by molar-refractivity contribution is 0.815. The lowest BCUT2D eigenvalue weighted by atomic mass is 10.2. The SMILES string of the molecule is [C-]#[N+]CCN(CCC#N)c1ccccc1. The number of rotatable bonds is 5. The predicted molar refractivity (Wildman–Crippen MR) is 60.4 cm³/mol. The second-order valence-corrected chi connectivity index (χ2v) is 3.11. The summed E-state index contributed by atoms with van der Waals surface area (Å²) in [6, 6.07) is 12.0. The minimum atomic E-state index is 0.473. The Morgan fingerprint density at radius 1 is 1.27 bits per heavy atom. The number of nitrogens with zero attached hydrogens (tertiary/aromatic N) is 3. The van der Waals surface area contributed by atoms with Gasteiger partial charge in [-0.1, -0.05) is 18.2 Å². The van der Waals surface area contributed by atoms with Crippen LogP contribution in [-0.2, 0) is 0 Å². The third-order valence-electron chi connectivity index (χ3n) is 2.10. The number of para-hydroxylation sites is 1. The molecule has 0 amide bonds. The zero-order chi connectivity index (χ0) is 10.9. The fourth-order valence-electron chi connectivity index (χ4n) is 1.36. The lowest BCUT2D eigenvalue weighted by Crippen LogP contribution is -2.26. The molecular formula is C12H13N3. The molecule has 0 N–H and O–H groups in total. The Kier molecular flexibility index (Phi) is 4.77. The van der Waals surface area contributed by atoms with E-state index in [4.69, 9.17) is 11.8 Å².